The van der Waals surface area contributed by atoms with E-state index in [1.165, 1.54) is 6.92 Å². The predicted octanol–water partition coefficient (Wildman–Crippen LogP) is -0.414. The minimum atomic E-state index is -3.41. The lowest BCUT2D eigenvalue weighted by molar-refractivity contribution is -0.119. The van der Waals surface area contributed by atoms with E-state index in [-0.39, 0.29) is 11.6 Å². The highest BCUT2D eigenvalue weighted by molar-refractivity contribution is 7.89. The second-order valence-electron chi connectivity index (χ2n) is 2.14. The minimum Gasteiger partial charge on any atom is -0.278 e. The van der Waals surface area contributed by atoms with Gasteiger partial charge in [0.25, 0.3) is 0 Å². The van der Waals surface area contributed by atoms with Crippen molar-refractivity contribution in [3.8, 4) is 0 Å². The lowest BCUT2D eigenvalue weighted by Crippen LogP contribution is -2.41. The Morgan fingerprint density at radius 1 is 1.50 bits per heavy atom. The zero-order valence-corrected chi connectivity index (χ0v) is 8.20. The third-order valence-corrected chi connectivity index (χ3v) is 2.44. The normalized spacial score (nSPS) is 11.2. The summed E-state index contributed by atoms with van der Waals surface area (Å²) in [6.45, 7) is 1.21. The molecule has 0 aromatic carbocycles. The van der Waals surface area contributed by atoms with Gasteiger partial charge in [0.2, 0.25) is 15.9 Å². The molecule has 0 aromatic rings. The first-order valence-corrected chi connectivity index (χ1v) is 5.48. The number of carbonyl (C=O) groups excluding carboxylic acids is 1. The van der Waals surface area contributed by atoms with Crippen LogP contribution in [0.3, 0.4) is 0 Å². The second kappa shape index (κ2) is 5.34. The summed E-state index contributed by atoms with van der Waals surface area (Å²) in [5.74, 6) is -0.262. The molecule has 0 aliphatic carbocycles. The molecular formula is C5H11ClN2O3S. The van der Waals surface area contributed by atoms with Crippen LogP contribution in [0.5, 0.6) is 0 Å². The Kier molecular flexibility index (Phi) is 5.19. The molecule has 5 nitrogen and oxygen atoms in total. The monoisotopic (exact) mass is 214 g/mol. The van der Waals surface area contributed by atoms with E-state index in [2.05, 4.69) is 0 Å². The first-order chi connectivity index (χ1) is 5.48. The van der Waals surface area contributed by atoms with Gasteiger partial charge in [-0.05, 0) is 6.42 Å². The Labute approximate surface area is 76.5 Å². The van der Waals surface area contributed by atoms with Crippen molar-refractivity contribution in [2.24, 2.45) is 0 Å². The van der Waals surface area contributed by atoms with Crippen molar-refractivity contribution in [3.63, 3.8) is 0 Å². The highest BCUT2D eigenvalue weighted by Gasteiger charge is 2.08. The fourth-order valence-corrected chi connectivity index (χ4v) is 1.66. The number of halogens is 1. The lowest BCUT2D eigenvalue weighted by Gasteiger charge is -2.04. The van der Waals surface area contributed by atoms with Crippen LogP contribution in [0, 0.1) is 0 Å². The molecule has 12 heavy (non-hydrogen) atoms. The van der Waals surface area contributed by atoms with Gasteiger partial charge in [0.1, 0.15) is 0 Å². The Morgan fingerprint density at radius 2 is 2.08 bits per heavy atom. The first kappa shape index (κ1) is 11.7. The van der Waals surface area contributed by atoms with E-state index >= 15 is 0 Å². The molecule has 0 radical (unpaired) electrons. The molecular weight excluding hydrogens is 204 g/mol. The quantitative estimate of drug-likeness (QED) is 0.483. The number of hydrogen-bond donors (Lipinski definition) is 2. The maximum atomic E-state index is 10.9. The molecule has 0 atom stereocenters. The highest BCUT2D eigenvalue weighted by atomic mass is 35.5. The van der Waals surface area contributed by atoms with Crippen LogP contribution in [-0.2, 0) is 14.8 Å². The maximum absolute atomic E-state index is 10.9. The average molecular weight is 215 g/mol. The van der Waals surface area contributed by atoms with Crippen molar-refractivity contribution in [1.82, 2.24) is 10.3 Å². The molecule has 0 heterocycles. The third kappa shape index (κ3) is 6.38. The van der Waals surface area contributed by atoms with E-state index in [0.717, 1.165) is 0 Å². The molecule has 1 amide bonds. The van der Waals surface area contributed by atoms with Crippen LogP contribution in [0.1, 0.15) is 13.3 Å². The molecule has 0 unspecified atom stereocenters. The summed E-state index contributed by atoms with van der Waals surface area (Å²) in [7, 11) is -3.41. The molecule has 0 spiro atoms. The van der Waals surface area contributed by atoms with Gasteiger partial charge >= 0.3 is 0 Å². The van der Waals surface area contributed by atoms with E-state index in [4.69, 9.17) is 11.6 Å². The van der Waals surface area contributed by atoms with E-state index in [9.17, 15) is 13.2 Å². The van der Waals surface area contributed by atoms with Gasteiger partial charge < -0.3 is 0 Å². The van der Waals surface area contributed by atoms with Gasteiger partial charge in [-0.15, -0.1) is 16.4 Å². The molecule has 0 saturated carbocycles. The van der Waals surface area contributed by atoms with Crippen LogP contribution >= 0.6 is 11.6 Å². The minimum absolute atomic E-state index is 0.0865. The van der Waals surface area contributed by atoms with Crippen LogP contribution in [0.4, 0.5) is 0 Å². The van der Waals surface area contributed by atoms with Crippen LogP contribution in [0.15, 0.2) is 0 Å². The predicted molar refractivity (Wildman–Crippen MR) is 46.1 cm³/mol. The molecule has 72 valence electrons. The molecule has 0 aromatic heterocycles. The third-order valence-electron chi connectivity index (χ3n) is 0.929. The Bertz CT molecular complexity index is 239. The van der Waals surface area contributed by atoms with Crippen molar-refractivity contribution < 1.29 is 13.2 Å². The van der Waals surface area contributed by atoms with Gasteiger partial charge in [-0.3, -0.25) is 10.2 Å². The van der Waals surface area contributed by atoms with Gasteiger partial charge in [-0.2, -0.15) is 0 Å². The van der Waals surface area contributed by atoms with Crippen LogP contribution in [0.25, 0.3) is 0 Å². The van der Waals surface area contributed by atoms with Crippen molar-refractivity contribution in [2.75, 3.05) is 11.6 Å². The van der Waals surface area contributed by atoms with Crippen molar-refractivity contribution in [3.05, 3.63) is 0 Å². The van der Waals surface area contributed by atoms with E-state index in [1.807, 2.05) is 10.3 Å². The number of sulfonamides is 1. The molecule has 2 N–H and O–H groups in total. The Balaban J connectivity index is 3.80. The number of hydrazine groups is 1. The molecule has 0 aliphatic rings. The van der Waals surface area contributed by atoms with Gasteiger partial charge in [0, 0.05) is 12.8 Å². The smallest absolute Gasteiger partial charge is 0.231 e. The zero-order chi connectivity index (χ0) is 9.61. The molecule has 0 aliphatic heterocycles. The number of amides is 1. The van der Waals surface area contributed by atoms with Gasteiger partial charge in [0.15, 0.2) is 0 Å². The number of hydrogen-bond acceptors (Lipinski definition) is 3. The van der Waals surface area contributed by atoms with Gasteiger partial charge in [-0.1, -0.05) is 0 Å². The fourth-order valence-electron chi connectivity index (χ4n) is 0.445. The molecule has 0 rings (SSSR count). The van der Waals surface area contributed by atoms with E-state index < -0.39 is 15.9 Å². The number of rotatable bonds is 5. The number of carbonyl (C=O) groups is 1. The number of alkyl halides is 1. The van der Waals surface area contributed by atoms with Crippen molar-refractivity contribution in [1.29, 1.82) is 0 Å². The molecule has 0 fully saturated rings. The summed E-state index contributed by atoms with van der Waals surface area (Å²) in [6.07, 6.45) is 0.358. The second-order valence-corrected chi connectivity index (χ2v) is 4.36. The van der Waals surface area contributed by atoms with E-state index in [1.54, 1.807) is 0 Å². The first-order valence-electron chi connectivity index (χ1n) is 3.30. The fraction of sp³-hybridized carbons (Fsp3) is 0.800. The lowest BCUT2D eigenvalue weighted by atomic mass is 10.6. The SMILES string of the molecule is CC(=O)NNS(=O)(=O)CCCCl. The van der Waals surface area contributed by atoms with Crippen LogP contribution < -0.4 is 10.3 Å². The highest BCUT2D eigenvalue weighted by Crippen LogP contribution is 1.90. The summed E-state index contributed by atoms with van der Waals surface area (Å²) in [5, 5.41) is 0. The van der Waals surface area contributed by atoms with Gasteiger partial charge in [0.05, 0.1) is 5.75 Å². The molecule has 0 bridgehead atoms. The topological polar surface area (TPSA) is 75.3 Å². The van der Waals surface area contributed by atoms with Crippen LogP contribution in [-0.4, -0.2) is 26.0 Å². The van der Waals surface area contributed by atoms with Crippen molar-refractivity contribution >= 4 is 27.5 Å². The largest absolute Gasteiger partial charge is 0.278 e. The number of nitrogens with one attached hydrogen (secondary N) is 2. The molecule has 0 saturated heterocycles. The summed E-state index contributed by atoms with van der Waals surface area (Å²) in [4.78, 5) is 12.2. The van der Waals surface area contributed by atoms with Crippen LogP contribution in [0.2, 0.25) is 0 Å². The van der Waals surface area contributed by atoms with E-state index in [0.29, 0.717) is 6.42 Å². The Hall–Kier alpha value is -0.330. The standard InChI is InChI=1S/C5H11ClN2O3S/c1-5(9)7-8-12(10,11)4-2-3-6/h8H,2-4H2,1H3,(H,7,9). The average Bonchev–Trinajstić information content (AvgIpc) is 1.98. The summed E-state index contributed by atoms with van der Waals surface area (Å²) >= 11 is 5.29. The summed E-state index contributed by atoms with van der Waals surface area (Å²) in [5.41, 5.74) is 1.97. The summed E-state index contributed by atoms with van der Waals surface area (Å²) < 4.78 is 21.8. The van der Waals surface area contributed by atoms with Crippen molar-refractivity contribution in [2.45, 2.75) is 13.3 Å². The summed E-state index contributed by atoms with van der Waals surface area (Å²) in [6, 6.07) is 0. The zero-order valence-electron chi connectivity index (χ0n) is 6.63. The maximum Gasteiger partial charge on any atom is 0.231 e. The molecule has 7 heteroatoms. The van der Waals surface area contributed by atoms with Gasteiger partial charge in [-0.25, -0.2) is 8.42 Å². The Morgan fingerprint density at radius 3 is 2.50 bits per heavy atom.